The summed E-state index contributed by atoms with van der Waals surface area (Å²) in [6.45, 7) is -0.890. The average Bonchev–Trinajstić information content (AvgIpc) is 2.65. The van der Waals surface area contributed by atoms with Crippen LogP contribution in [0, 0.1) is 5.82 Å². The molecule has 0 aliphatic heterocycles. The maximum Gasteiger partial charge on any atom is 0.324 e. The molecule has 0 heterocycles. The van der Waals surface area contributed by atoms with Crippen molar-refractivity contribution in [3.05, 3.63) is 42.2 Å². The number of nitrogens with zero attached hydrogens (tertiary/aromatic N) is 1. The van der Waals surface area contributed by atoms with Crippen molar-refractivity contribution in [1.29, 1.82) is 0 Å². The fraction of sp³-hybridized carbons (Fsp3) is 0.235. The van der Waals surface area contributed by atoms with E-state index in [1.165, 1.54) is 39.5 Å². The highest BCUT2D eigenvalue weighted by Gasteiger charge is 2.30. The largest absolute Gasteiger partial charge is 0.497 e. The molecule has 2 rings (SSSR count). The van der Waals surface area contributed by atoms with E-state index in [1.807, 2.05) is 0 Å². The first-order chi connectivity index (χ1) is 12.7. The lowest BCUT2D eigenvalue weighted by molar-refractivity contribution is -0.135. The van der Waals surface area contributed by atoms with E-state index >= 15 is 0 Å². The van der Waals surface area contributed by atoms with Crippen LogP contribution in [0.25, 0.3) is 0 Å². The van der Waals surface area contributed by atoms with Crippen LogP contribution < -0.4 is 18.5 Å². The Kier molecular flexibility index (Phi) is 6.11. The second kappa shape index (κ2) is 8.12. The molecule has 0 bridgehead atoms. The fourth-order valence-electron chi connectivity index (χ4n) is 2.35. The Morgan fingerprint density at radius 2 is 1.70 bits per heavy atom. The molecule has 0 unspecified atom stereocenters. The van der Waals surface area contributed by atoms with Gasteiger partial charge in [-0.05, 0) is 30.3 Å². The number of carboxylic acid groups (broad SMARTS) is 1. The van der Waals surface area contributed by atoms with E-state index in [-0.39, 0.29) is 17.2 Å². The lowest BCUT2D eigenvalue weighted by atomic mass is 10.2. The van der Waals surface area contributed by atoms with Crippen molar-refractivity contribution in [2.24, 2.45) is 0 Å². The van der Waals surface area contributed by atoms with Crippen LogP contribution in [0.15, 0.2) is 41.3 Å². The van der Waals surface area contributed by atoms with Gasteiger partial charge in [0.05, 0.1) is 31.9 Å². The predicted octanol–water partition coefficient (Wildman–Crippen LogP) is 2.13. The third-order valence-electron chi connectivity index (χ3n) is 3.65. The van der Waals surface area contributed by atoms with Gasteiger partial charge < -0.3 is 19.3 Å². The van der Waals surface area contributed by atoms with Crippen molar-refractivity contribution >= 4 is 21.7 Å². The number of carbonyl (C=O) groups is 1. The molecule has 0 aliphatic carbocycles. The van der Waals surface area contributed by atoms with Crippen LogP contribution in [-0.2, 0) is 14.8 Å². The minimum Gasteiger partial charge on any atom is -0.497 e. The maximum absolute atomic E-state index is 14.0. The summed E-state index contributed by atoms with van der Waals surface area (Å²) in [4.78, 5) is 10.9. The molecule has 0 fully saturated rings. The Hall–Kier alpha value is -3.01. The number of hydrogen-bond donors (Lipinski definition) is 1. The van der Waals surface area contributed by atoms with Crippen molar-refractivity contribution in [1.82, 2.24) is 0 Å². The maximum atomic E-state index is 14.0. The lowest BCUT2D eigenvalue weighted by Gasteiger charge is -2.25. The van der Waals surface area contributed by atoms with Gasteiger partial charge in [0.25, 0.3) is 10.0 Å². The number of rotatable bonds is 8. The highest BCUT2D eigenvalue weighted by molar-refractivity contribution is 7.92. The van der Waals surface area contributed by atoms with Gasteiger partial charge in [0, 0.05) is 6.07 Å². The average molecular weight is 399 g/mol. The fourth-order valence-corrected chi connectivity index (χ4v) is 3.79. The third kappa shape index (κ3) is 4.22. The van der Waals surface area contributed by atoms with Gasteiger partial charge in [-0.15, -0.1) is 0 Å². The third-order valence-corrected chi connectivity index (χ3v) is 5.40. The molecule has 27 heavy (non-hydrogen) atoms. The van der Waals surface area contributed by atoms with Crippen molar-refractivity contribution < 1.29 is 36.9 Å². The van der Waals surface area contributed by atoms with Crippen molar-refractivity contribution in [3.63, 3.8) is 0 Å². The summed E-state index contributed by atoms with van der Waals surface area (Å²) in [6, 6.07) is 7.25. The zero-order valence-electron chi connectivity index (χ0n) is 14.8. The van der Waals surface area contributed by atoms with Crippen LogP contribution in [0.1, 0.15) is 0 Å². The van der Waals surface area contributed by atoms with Crippen molar-refractivity contribution in [2.45, 2.75) is 4.90 Å². The minimum atomic E-state index is -4.41. The first-order valence-corrected chi connectivity index (χ1v) is 8.98. The molecular weight excluding hydrogens is 381 g/mol. The number of anilines is 1. The Bertz CT molecular complexity index is 946. The van der Waals surface area contributed by atoms with Crippen molar-refractivity contribution in [3.8, 4) is 17.2 Å². The second-order valence-corrected chi connectivity index (χ2v) is 7.10. The van der Waals surface area contributed by atoms with E-state index < -0.39 is 33.3 Å². The van der Waals surface area contributed by atoms with Gasteiger partial charge in [-0.25, -0.2) is 12.8 Å². The molecule has 0 aromatic heterocycles. The zero-order chi connectivity index (χ0) is 20.2. The van der Waals surface area contributed by atoms with Crippen LogP contribution >= 0.6 is 0 Å². The van der Waals surface area contributed by atoms with Gasteiger partial charge in [0.2, 0.25) is 0 Å². The topological polar surface area (TPSA) is 102 Å². The Morgan fingerprint density at radius 3 is 2.22 bits per heavy atom. The van der Waals surface area contributed by atoms with E-state index in [0.29, 0.717) is 10.1 Å². The van der Waals surface area contributed by atoms with Crippen LogP contribution in [-0.4, -0.2) is 47.4 Å². The molecule has 8 nitrogen and oxygen atoms in total. The number of methoxy groups -OCH3 is 3. The molecule has 0 atom stereocenters. The summed E-state index contributed by atoms with van der Waals surface area (Å²) < 4.78 is 55.6. The number of hydrogen-bond acceptors (Lipinski definition) is 6. The molecular formula is C17H18FNO7S. The molecule has 2 aromatic carbocycles. The quantitative estimate of drug-likeness (QED) is 0.725. The first kappa shape index (κ1) is 20.3. The number of halogens is 1. The predicted molar refractivity (Wildman–Crippen MR) is 94.7 cm³/mol. The van der Waals surface area contributed by atoms with Crippen LogP contribution in [0.2, 0.25) is 0 Å². The molecule has 0 saturated carbocycles. The summed E-state index contributed by atoms with van der Waals surface area (Å²) in [5, 5.41) is 9.19. The van der Waals surface area contributed by atoms with Gasteiger partial charge in [0.15, 0.2) is 11.6 Å². The summed E-state index contributed by atoms with van der Waals surface area (Å²) in [5.41, 5.74) is -0.0306. The number of ether oxygens (including phenoxy) is 3. The Labute approximate surface area is 155 Å². The molecule has 1 N–H and O–H groups in total. The van der Waals surface area contributed by atoms with E-state index in [1.54, 1.807) is 0 Å². The van der Waals surface area contributed by atoms with E-state index in [9.17, 15) is 22.7 Å². The highest BCUT2D eigenvalue weighted by atomic mass is 32.2. The van der Waals surface area contributed by atoms with Crippen LogP contribution in [0.4, 0.5) is 10.1 Å². The molecule has 2 aromatic rings. The van der Waals surface area contributed by atoms with Crippen molar-refractivity contribution in [2.75, 3.05) is 32.2 Å². The van der Waals surface area contributed by atoms with Gasteiger partial charge >= 0.3 is 5.97 Å². The Morgan fingerprint density at radius 1 is 1.04 bits per heavy atom. The lowest BCUT2D eigenvalue weighted by Crippen LogP contribution is -2.36. The summed E-state index contributed by atoms with van der Waals surface area (Å²) >= 11 is 0. The molecule has 0 aliphatic rings. The minimum absolute atomic E-state index is 0.0306. The van der Waals surface area contributed by atoms with Gasteiger partial charge in [-0.3, -0.25) is 9.10 Å². The summed E-state index contributed by atoms with van der Waals surface area (Å²) in [6.07, 6.45) is 0. The van der Waals surface area contributed by atoms with E-state index in [0.717, 1.165) is 18.2 Å². The Balaban J connectivity index is 2.62. The molecule has 146 valence electrons. The number of sulfonamides is 1. The van der Waals surface area contributed by atoms with Crippen LogP contribution in [0.5, 0.6) is 17.2 Å². The van der Waals surface area contributed by atoms with E-state index in [2.05, 4.69) is 0 Å². The first-order valence-electron chi connectivity index (χ1n) is 7.54. The standard InChI is InChI=1S/C17H18FNO7S/c1-24-11-4-6-14(16(8-11)26-3)19(10-17(20)21)27(22,23)12-5-7-15(25-2)13(18)9-12/h4-9H,10H2,1-3H3,(H,20,21). The second-order valence-electron chi connectivity index (χ2n) is 5.24. The van der Waals surface area contributed by atoms with Gasteiger partial charge in [0.1, 0.15) is 18.0 Å². The number of carboxylic acids is 1. The van der Waals surface area contributed by atoms with Gasteiger partial charge in [-0.1, -0.05) is 0 Å². The van der Waals surface area contributed by atoms with Gasteiger partial charge in [-0.2, -0.15) is 0 Å². The molecule has 0 amide bonds. The molecule has 0 saturated heterocycles. The molecule has 10 heteroatoms. The van der Waals surface area contributed by atoms with E-state index in [4.69, 9.17) is 14.2 Å². The number of aliphatic carboxylic acids is 1. The normalized spacial score (nSPS) is 11.0. The van der Waals surface area contributed by atoms with Crippen LogP contribution in [0.3, 0.4) is 0 Å². The monoisotopic (exact) mass is 399 g/mol. The summed E-state index contributed by atoms with van der Waals surface area (Å²) in [5.74, 6) is -1.96. The SMILES string of the molecule is COc1ccc(N(CC(=O)O)S(=O)(=O)c2ccc(OC)c(F)c2)c(OC)c1. The summed E-state index contributed by atoms with van der Waals surface area (Å²) in [7, 11) is -0.452. The zero-order valence-corrected chi connectivity index (χ0v) is 15.6. The number of benzene rings is 2. The molecule has 0 spiro atoms. The smallest absolute Gasteiger partial charge is 0.324 e. The molecule has 0 radical (unpaired) electrons. The highest BCUT2D eigenvalue weighted by Crippen LogP contribution is 2.35.